The summed E-state index contributed by atoms with van der Waals surface area (Å²) in [7, 11) is 0. The van der Waals surface area contributed by atoms with Gasteiger partial charge in [-0.15, -0.1) is 0 Å². The molecule has 4 bridgehead atoms. The minimum absolute atomic E-state index is 0.0476. The first-order chi connectivity index (χ1) is 13.0. The highest BCUT2D eigenvalue weighted by atomic mass is 19.1. The summed E-state index contributed by atoms with van der Waals surface area (Å²) in [6.45, 7) is 0.0532. The van der Waals surface area contributed by atoms with Gasteiger partial charge in [0.05, 0.1) is 13.0 Å². The highest BCUT2D eigenvalue weighted by Crippen LogP contribution is 2.61. The number of ether oxygens (including phenoxy) is 1. The SMILES string of the molecule is O=C(CCOc1ccccc1F)NNC(=O)CC12CC3CC(CC(C3)C1)C2. The van der Waals surface area contributed by atoms with E-state index in [-0.39, 0.29) is 36.0 Å². The third kappa shape index (κ3) is 4.25. The van der Waals surface area contributed by atoms with Gasteiger partial charge in [0.15, 0.2) is 11.6 Å². The first-order valence-corrected chi connectivity index (χ1v) is 9.96. The van der Waals surface area contributed by atoms with Crippen molar-refractivity contribution in [2.24, 2.45) is 23.2 Å². The van der Waals surface area contributed by atoms with E-state index in [2.05, 4.69) is 10.9 Å². The van der Waals surface area contributed by atoms with Crippen LogP contribution in [0.5, 0.6) is 5.75 Å². The summed E-state index contributed by atoms with van der Waals surface area (Å²) in [5, 5.41) is 0. The van der Waals surface area contributed by atoms with Crippen LogP contribution in [0.15, 0.2) is 24.3 Å². The zero-order chi connectivity index (χ0) is 18.9. The highest BCUT2D eigenvalue weighted by Gasteiger charge is 2.51. The topological polar surface area (TPSA) is 67.4 Å². The monoisotopic (exact) mass is 374 g/mol. The van der Waals surface area contributed by atoms with E-state index in [1.165, 1.54) is 31.4 Å². The number of carbonyl (C=O) groups excluding carboxylic acids is 2. The van der Waals surface area contributed by atoms with Crippen LogP contribution < -0.4 is 15.6 Å². The lowest BCUT2D eigenvalue weighted by Crippen LogP contribution is -2.50. The largest absolute Gasteiger partial charge is 0.490 e. The zero-order valence-electron chi connectivity index (χ0n) is 15.5. The Labute approximate surface area is 159 Å². The molecule has 27 heavy (non-hydrogen) atoms. The normalized spacial score (nSPS) is 30.8. The first-order valence-electron chi connectivity index (χ1n) is 9.96. The van der Waals surface area contributed by atoms with E-state index >= 15 is 0 Å². The molecule has 4 fully saturated rings. The number of para-hydroxylation sites is 1. The fraction of sp³-hybridized carbons (Fsp3) is 0.619. The number of hydrogen-bond donors (Lipinski definition) is 2. The molecule has 2 amide bonds. The summed E-state index contributed by atoms with van der Waals surface area (Å²) in [4.78, 5) is 24.3. The molecule has 6 heteroatoms. The number of amides is 2. The minimum Gasteiger partial charge on any atom is -0.490 e. The molecule has 5 nitrogen and oxygen atoms in total. The summed E-state index contributed by atoms with van der Waals surface area (Å²) >= 11 is 0. The Hall–Kier alpha value is -2.11. The Morgan fingerprint density at radius 3 is 2.22 bits per heavy atom. The fourth-order valence-electron chi connectivity index (χ4n) is 5.91. The first kappa shape index (κ1) is 18.3. The van der Waals surface area contributed by atoms with Crippen molar-refractivity contribution in [3.05, 3.63) is 30.1 Å². The number of halogens is 1. The number of benzene rings is 1. The van der Waals surface area contributed by atoms with Crippen molar-refractivity contribution in [3.8, 4) is 5.75 Å². The summed E-state index contributed by atoms with van der Waals surface area (Å²) in [6, 6.07) is 6.07. The quantitative estimate of drug-likeness (QED) is 0.751. The number of rotatable bonds is 6. The van der Waals surface area contributed by atoms with Crippen molar-refractivity contribution in [1.82, 2.24) is 10.9 Å². The van der Waals surface area contributed by atoms with Crippen molar-refractivity contribution in [2.45, 2.75) is 51.4 Å². The van der Waals surface area contributed by atoms with Crippen molar-refractivity contribution < 1.29 is 18.7 Å². The summed E-state index contributed by atoms with van der Waals surface area (Å²) in [6.07, 6.45) is 8.08. The second-order valence-electron chi connectivity index (χ2n) is 8.72. The Kier molecular flexibility index (Phi) is 5.06. The summed E-state index contributed by atoms with van der Waals surface area (Å²) < 4.78 is 18.7. The van der Waals surface area contributed by atoms with E-state index in [0.29, 0.717) is 6.42 Å². The van der Waals surface area contributed by atoms with Gasteiger partial charge in [-0.3, -0.25) is 20.4 Å². The molecule has 0 saturated heterocycles. The van der Waals surface area contributed by atoms with E-state index < -0.39 is 5.82 Å². The Balaban J connectivity index is 1.18. The molecule has 1 aromatic carbocycles. The molecule has 0 radical (unpaired) electrons. The van der Waals surface area contributed by atoms with Gasteiger partial charge in [0.2, 0.25) is 11.8 Å². The average Bonchev–Trinajstić information content (AvgIpc) is 2.60. The molecule has 4 aliphatic rings. The Morgan fingerprint density at radius 1 is 1.00 bits per heavy atom. The van der Waals surface area contributed by atoms with E-state index in [4.69, 9.17) is 4.74 Å². The summed E-state index contributed by atoms with van der Waals surface area (Å²) in [5.41, 5.74) is 5.15. The number of hydrogen-bond acceptors (Lipinski definition) is 3. The number of hydrazine groups is 1. The standard InChI is InChI=1S/C21H27FN2O3/c22-17-3-1-2-4-18(17)27-6-5-19(25)23-24-20(26)13-21-10-14-7-15(11-21)9-16(8-14)12-21/h1-4,14-16H,5-13H2,(H,23,25)(H,24,26). The van der Waals surface area contributed by atoms with Crippen LogP contribution in [-0.4, -0.2) is 18.4 Å². The predicted molar refractivity (Wildman–Crippen MR) is 98.0 cm³/mol. The van der Waals surface area contributed by atoms with Crippen molar-refractivity contribution in [3.63, 3.8) is 0 Å². The number of carbonyl (C=O) groups is 2. The van der Waals surface area contributed by atoms with Crippen LogP contribution in [0.1, 0.15) is 51.4 Å². The average molecular weight is 374 g/mol. The Morgan fingerprint density at radius 2 is 1.59 bits per heavy atom. The third-order valence-corrected chi connectivity index (χ3v) is 6.47. The van der Waals surface area contributed by atoms with Crippen molar-refractivity contribution in [2.75, 3.05) is 6.61 Å². The van der Waals surface area contributed by atoms with Gasteiger partial charge in [-0.05, 0) is 73.8 Å². The van der Waals surface area contributed by atoms with Gasteiger partial charge < -0.3 is 4.74 Å². The van der Waals surface area contributed by atoms with Crippen molar-refractivity contribution in [1.29, 1.82) is 0 Å². The van der Waals surface area contributed by atoms with Crippen molar-refractivity contribution >= 4 is 11.8 Å². The van der Waals surface area contributed by atoms with E-state index in [1.807, 2.05) is 0 Å². The number of nitrogens with one attached hydrogen (secondary N) is 2. The molecule has 146 valence electrons. The lowest BCUT2D eigenvalue weighted by atomic mass is 9.49. The second kappa shape index (κ2) is 7.49. The molecule has 0 unspecified atom stereocenters. The molecule has 0 atom stereocenters. The Bertz CT molecular complexity index is 686. The van der Waals surface area contributed by atoms with Crippen LogP contribution in [0.25, 0.3) is 0 Å². The highest BCUT2D eigenvalue weighted by molar-refractivity contribution is 5.82. The van der Waals surface area contributed by atoms with Crippen LogP contribution in [0.3, 0.4) is 0 Å². The predicted octanol–water partition coefficient (Wildman–Crippen LogP) is 3.35. The fourth-order valence-corrected chi connectivity index (χ4v) is 5.91. The molecule has 0 aliphatic heterocycles. The van der Waals surface area contributed by atoms with Crippen LogP contribution in [0, 0.1) is 29.0 Å². The van der Waals surface area contributed by atoms with Gasteiger partial charge in [0.1, 0.15) is 0 Å². The zero-order valence-corrected chi connectivity index (χ0v) is 15.5. The molecule has 4 aliphatic carbocycles. The van der Waals surface area contributed by atoms with Gasteiger partial charge >= 0.3 is 0 Å². The minimum atomic E-state index is -0.457. The van der Waals surface area contributed by atoms with Gasteiger partial charge in [0, 0.05) is 6.42 Å². The lowest BCUT2D eigenvalue weighted by molar-refractivity contribution is -0.134. The van der Waals surface area contributed by atoms with Crippen LogP contribution in [0.4, 0.5) is 4.39 Å². The van der Waals surface area contributed by atoms with Crippen LogP contribution in [-0.2, 0) is 9.59 Å². The third-order valence-electron chi connectivity index (χ3n) is 6.47. The molecular formula is C21H27FN2O3. The smallest absolute Gasteiger partial charge is 0.241 e. The molecule has 5 rings (SSSR count). The van der Waals surface area contributed by atoms with E-state index in [1.54, 1.807) is 12.1 Å². The molecule has 0 aromatic heterocycles. The maximum atomic E-state index is 13.4. The lowest BCUT2D eigenvalue weighted by Gasteiger charge is -2.56. The van der Waals surface area contributed by atoms with Gasteiger partial charge in [0.25, 0.3) is 0 Å². The molecule has 4 saturated carbocycles. The molecule has 0 spiro atoms. The molecule has 2 N–H and O–H groups in total. The van der Waals surface area contributed by atoms with Crippen LogP contribution >= 0.6 is 0 Å². The van der Waals surface area contributed by atoms with E-state index in [0.717, 1.165) is 37.0 Å². The van der Waals surface area contributed by atoms with Gasteiger partial charge in [-0.1, -0.05) is 12.1 Å². The summed E-state index contributed by atoms with van der Waals surface area (Å²) in [5.74, 6) is 1.61. The van der Waals surface area contributed by atoms with E-state index in [9.17, 15) is 14.0 Å². The maximum Gasteiger partial charge on any atom is 0.241 e. The van der Waals surface area contributed by atoms with Crippen LogP contribution in [0.2, 0.25) is 0 Å². The second-order valence-corrected chi connectivity index (χ2v) is 8.72. The van der Waals surface area contributed by atoms with Gasteiger partial charge in [-0.25, -0.2) is 4.39 Å². The molecule has 0 heterocycles. The molecule has 1 aromatic rings. The van der Waals surface area contributed by atoms with Gasteiger partial charge in [-0.2, -0.15) is 0 Å². The maximum absolute atomic E-state index is 13.4. The molecular weight excluding hydrogens is 347 g/mol.